The molecule has 0 bridgehead atoms. The number of thioether (sulfide) groups is 1. The first-order valence-corrected chi connectivity index (χ1v) is 9.14. The molecule has 11 heteroatoms. The third-order valence-electron chi connectivity index (χ3n) is 3.36. The van der Waals surface area contributed by atoms with Gasteiger partial charge in [-0.25, -0.2) is 0 Å². The van der Waals surface area contributed by atoms with Gasteiger partial charge in [0.25, 0.3) is 0 Å². The van der Waals surface area contributed by atoms with Crippen LogP contribution < -0.4 is 0 Å². The summed E-state index contributed by atoms with van der Waals surface area (Å²) in [5.41, 5.74) is 0.489. The maximum Gasteiger partial charge on any atom is 0.444 e. The summed E-state index contributed by atoms with van der Waals surface area (Å²) in [4.78, 5) is 22.1. The van der Waals surface area contributed by atoms with Gasteiger partial charge >= 0.3 is 21.1 Å². The molecule has 130 valence electrons. The minimum atomic E-state index is -5.22. The second-order valence-corrected chi connectivity index (χ2v) is 7.54. The number of hydrogen-bond donors (Lipinski definition) is 1. The van der Waals surface area contributed by atoms with E-state index in [1.807, 2.05) is 0 Å². The van der Waals surface area contributed by atoms with Crippen LogP contribution in [0.3, 0.4) is 0 Å². The monoisotopic (exact) mass is 374 g/mol. The molecule has 1 N–H and O–H groups in total. The maximum absolute atomic E-state index is 11.8. The van der Waals surface area contributed by atoms with Gasteiger partial charge in [-0.2, -0.15) is 13.4 Å². The van der Waals surface area contributed by atoms with E-state index in [0.29, 0.717) is 5.56 Å². The maximum atomic E-state index is 11.8. The average molecular weight is 374 g/mol. The quantitative estimate of drug-likeness (QED) is 0.351. The van der Waals surface area contributed by atoms with Crippen LogP contribution in [0.2, 0.25) is 0 Å². The van der Waals surface area contributed by atoms with Crippen molar-refractivity contribution >= 4 is 32.9 Å². The number of rotatable bonds is 5. The fourth-order valence-corrected chi connectivity index (χ4v) is 4.54. The van der Waals surface area contributed by atoms with Crippen LogP contribution in [0.4, 0.5) is 0 Å². The summed E-state index contributed by atoms with van der Waals surface area (Å²) in [6.07, 6.45) is 0. The Hall–Kier alpha value is -1.98. The van der Waals surface area contributed by atoms with E-state index in [1.54, 1.807) is 30.3 Å². The first-order valence-electron chi connectivity index (χ1n) is 6.71. The van der Waals surface area contributed by atoms with Gasteiger partial charge in [0.15, 0.2) is 0 Å². The minimum Gasteiger partial charge on any atom is -0.465 e. The zero-order valence-corrected chi connectivity index (χ0v) is 14.1. The van der Waals surface area contributed by atoms with E-state index in [4.69, 9.17) is 4.74 Å². The Labute approximate surface area is 142 Å². The molecule has 1 heterocycles. The molecule has 0 aliphatic carbocycles. The van der Waals surface area contributed by atoms with Gasteiger partial charge in [-0.1, -0.05) is 30.3 Å². The lowest BCUT2D eigenvalue weighted by atomic mass is 10.1. The summed E-state index contributed by atoms with van der Waals surface area (Å²) >= 11 is 1.09. The van der Waals surface area contributed by atoms with Crippen LogP contribution in [0.5, 0.6) is 0 Å². The molecule has 1 aromatic carbocycles. The summed E-state index contributed by atoms with van der Waals surface area (Å²) in [7, 11) is -5.22. The van der Waals surface area contributed by atoms with Gasteiger partial charge in [0, 0.05) is 18.2 Å². The highest BCUT2D eigenvalue weighted by Gasteiger charge is 2.64. The smallest absolute Gasteiger partial charge is 0.444 e. The first kappa shape index (κ1) is 18.4. The molecule has 24 heavy (non-hydrogen) atoms. The van der Waals surface area contributed by atoms with Crippen LogP contribution in [-0.2, 0) is 19.6 Å². The van der Waals surface area contributed by atoms with Crippen LogP contribution in [0.1, 0.15) is 12.5 Å². The molecule has 2 unspecified atom stereocenters. The lowest BCUT2D eigenvalue weighted by Gasteiger charge is -2.30. The molecule has 2 atom stereocenters. The highest BCUT2D eigenvalue weighted by atomic mass is 32.2. The number of nitro groups is 1. The number of esters is 1. The number of carbonyl (C=O) groups is 1. The Bertz CT molecular complexity index is 779. The topological polar surface area (TPSA) is 136 Å². The van der Waals surface area contributed by atoms with E-state index in [0.717, 1.165) is 18.7 Å². The van der Waals surface area contributed by atoms with Crippen molar-refractivity contribution in [1.29, 1.82) is 0 Å². The van der Waals surface area contributed by atoms with E-state index < -0.39 is 38.5 Å². The minimum absolute atomic E-state index is 0.0677. The molecule has 0 amide bonds. The molecule has 0 fully saturated rings. The van der Waals surface area contributed by atoms with Crippen molar-refractivity contribution in [2.75, 3.05) is 12.4 Å². The molecular formula is C13H14N2O7S2. The van der Waals surface area contributed by atoms with Crippen LogP contribution in [0.25, 0.3) is 0 Å². The molecule has 0 saturated carbocycles. The Balaban J connectivity index is 2.57. The third-order valence-corrected chi connectivity index (χ3v) is 5.87. The van der Waals surface area contributed by atoms with E-state index in [-0.39, 0.29) is 10.8 Å². The first-order chi connectivity index (χ1) is 11.2. The molecule has 0 spiro atoms. The SMILES string of the molecule is CC(=O)OCC1CSC(c2ccccc2)=NC1([N+](=O)[O-])S(=O)(=O)O. The number of ether oxygens (including phenoxy) is 1. The Morgan fingerprint density at radius 1 is 1.50 bits per heavy atom. The summed E-state index contributed by atoms with van der Waals surface area (Å²) in [6.45, 7) is 0.546. The standard InChI is InChI=1S/C13H14N2O7S2/c1-9(16)22-7-11-8-23-12(10-5-3-2-4-6-10)14-13(11,15(17)18)24(19,20)21/h2-6,11H,7-8H2,1H3,(H,19,20,21). The van der Waals surface area contributed by atoms with Crippen LogP contribution in [0, 0.1) is 16.0 Å². The van der Waals surface area contributed by atoms with Crippen molar-refractivity contribution in [3.8, 4) is 0 Å². The fourth-order valence-electron chi connectivity index (χ4n) is 2.21. The molecule has 1 aromatic rings. The van der Waals surface area contributed by atoms with Crippen molar-refractivity contribution in [2.45, 2.75) is 11.9 Å². The number of nitrogens with zero attached hydrogens (tertiary/aromatic N) is 2. The molecule has 2 rings (SSSR count). The number of hydrogen-bond acceptors (Lipinski definition) is 8. The zero-order valence-electron chi connectivity index (χ0n) is 12.5. The normalized spacial score (nSPS) is 24.1. The van der Waals surface area contributed by atoms with Gasteiger partial charge in [0.2, 0.25) is 0 Å². The molecule has 0 saturated heterocycles. The van der Waals surface area contributed by atoms with Crippen molar-refractivity contribution in [3.63, 3.8) is 0 Å². The number of benzene rings is 1. The largest absolute Gasteiger partial charge is 0.465 e. The second-order valence-electron chi connectivity index (χ2n) is 4.98. The fraction of sp³-hybridized carbons (Fsp3) is 0.385. The second kappa shape index (κ2) is 6.87. The van der Waals surface area contributed by atoms with Crippen LogP contribution >= 0.6 is 11.8 Å². The number of aliphatic imine (C=N–C) groups is 1. The molecular weight excluding hydrogens is 360 g/mol. The molecule has 0 aromatic heterocycles. The summed E-state index contributed by atoms with van der Waals surface area (Å²) in [5.74, 6) is -2.11. The lowest BCUT2D eigenvalue weighted by molar-refractivity contribution is -0.549. The zero-order chi connectivity index (χ0) is 18.0. The predicted octanol–water partition coefficient (Wildman–Crippen LogP) is 1.18. The van der Waals surface area contributed by atoms with Gasteiger partial charge in [-0.3, -0.25) is 19.5 Å². The van der Waals surface area contributed by atoms with E-state index in [2.05, 4.69) is 4.99 Å². The van der Waals surface area contributed by atoms with E-state index >= 15 is 0 Å². The van der Waals surface area contributed by atoms with Gasteiger partial charge in [0.1, 0.15) is 17.6 Å². The van der Waals surface area contributed by atoms with E-state index in [9.17, 15) is 27.9 Å². The van der Waals surface area contributed by atoms with Crippen molar-refractivity contribution in [3.05, 3.63) is 46.0 Å². The van der Waals surface area contributed by atoms with Gasteiger partial charge in [-0.15, -0.1) is 11.8 Å². The summed E-state index contributed by atoms with van der Waals surface area (Å²) in [5, 5.41) is 11.7. The molecule has 1 aliphatic heterocycles. The summed E-state index contributed by atoms with van der Waals surface area (Å²) in [6, 6.07) is 8.31. The van der Waals surface area contributed by atoms with Crippen molar-refractivity contribution in [1.82, 2.24) is 0 Å². The van der Waals surface area contributed by atoms with Crippen molar-refractivity contribution < 1.29 is 27.4 Å². The van der Waals surface area contributed by atoms with Crippen LogP contribution in [-0.4, -0.2) is 46.3 Å². The van der Waals surface area contributed by atoms with Gasteiger partial charge < -0.3 is 4.74 Å². The molecule has 0 radical (unpaired) electrons. The Morgan fingerprint density at radius 3 is 2.62 bits per heavy atom. The summed E-state index contributed by atoms with van der Waals surface area (Å²) < 4.78 is 37.9. The van der Waals surface area contributed by atoms with Crippen LogP contribution in [0.15, 0.2) is 35.3 Å². The number of carbonyl (C=O) groups excluding carboxylic acids is 1. The predicted molar refractivity (Wildman–Crippen MR) is 86.8 cm³/mol. The Morgan fingerprint density at radius 2 is 2.12 bits per heavy atom. The van der Waals surface area contributed by atoms with Crippen molar-refractivity contribution in [2.24, 2.45) is 10.9 Å². The van der Waals surface area contributed by atoms with E-state index in [1.165, 1.54) is 0 Å². The average Bonchev–Trinajstić information content (AvgIpc) is 2.52. The Kier molecular flexibility index (Phi) is 5.26. The highest BCUT2D eigenvalue weighted by molar-refractivity contribution is 8.14. The lowest BCUT2D eigenvalue weighted by Crippen LogP contribution is -2.55. The molecule has 1 aliphatic rings. The third kappa shape index (κ3) is 3.42. The molecule has 9 nitrogen and oxygen atoms in total. The van der Waals surface area contributed by atoms with Gasteiger partial charge in [0.05, 0.1) is 4.92 Å². The van der Waals surface area contributed by atoms with Gasteiger partial charge in [-0.05, 0) is 0 Å². The highest BCUT2D eigenvalue weighted by Crippen LogP contribution is 2.38.